The van der Waals surface area contributed by atoms with E-state index in [0.717, 1.165) is 0 Å². The molecule has 1 aromatic heterocycles. The normalized spacial score (nSPS) is 18.5. The Balaban J connectivity index is 2.10. The fourth-order valence-corrected chi connectivity index (χ4v) is 2.48. The lowest BCUT2D eigenvalue weighted by atomic mass is 10.0. The third-order valence-electron chi connectivity index (χ3n) is 3.65. The summed E-state index contributed by atoms with van der Waals surface area (Å²) in [7, 11) is 0. The molecule has 0 spiro atoms. The third-order valence-corrected chi connectivity index (χ3v) is 3.65. The van der Waals surface area contributed by atoms with Gasteiger partial charge in [0.15, 0.2) is 0 Å². The van der Waals surface area contributed by atoms with Crippen LogP contribution in [-0.2, 0) is 6.54 Å². The Kier molecular flexibility index (Phi) is 2.42. The summed E-state index contributed by atoms with van der Waals surface area (Å²) in [5.74, 6) is 0. The summed E-state index contributed by atoms with van der Waals surface area (Å²) >= 11 is 0. The molecule has 0 amide bonds. The fraction of sp³-hybridized carbons (Fsp3) is 0.692. The van der Waals surface area contributed by atoms with E-state index < -0.39 is 0 Å². The van der Waals surface area contributed by atoms with Gasteiger partial charge in [-0.25, -0.2) is 0 Å². The summed E-state index contributed by atoms with van der Waals surface area (Å²) in [5.41, 5.74) is 3.51. The maximum Gasteiger partial charge on any atom is 0.0281 e. The Labute approximate surface area is 87.1 Å². The molecule has 1 aliphatic rings. The summed E-state index contributed by atoms with van der Waals surface area (Å²) in [6.45, 7) is 7.99. The number of hydrogen-bond donors (Lipinski definition) is 0. The lowest BCUT2D eigenvalue weighted by Gasteiger charge is -2.18. The molecule has 0 aromatic carbocycles. The van der Waals surface area contributed by atoms with Crippen molar-refractivity contribution in [1.29, 1.82) is 0 Å². The molecular formula is C13H21N. The molecule has 0 atom stereocenters. The zero-order valence-electron chi connectivity index (χ0n) is 9.64. The van der Waals surface area contributed by atoms with Crippen molar-refractivity contribution in [1.82, 2.24) is 4.57 Å². The maximum atomic E-state index is 2.49. The van der Waals surface area contributed by atoms with Gasteiger partial charge in [0, 0.05) is 17.9 Å². The number of nitrogens with zero attached hydrogens (tertiary/aromatic N) is 1. The SMILES string of the molecule is CCCC1(Cn2c(C)ccc2C)CC1. The average Bonchev–Trinajstić information content (AvgIpc) is 2.84. The van der Waals surface area contributed by atoms with Crippen molar-refractivity contribution in [2.45, 2.75) is 53.0 Å². The van der Waals surface area contributed by atoms with E-state index in [1.807, 2.05) is 0 Å². The highest BCUT2D eigenvalue weighted by Crippen LogP contribution is 2.51. The molecule has 0 N–H and O–H groups in total. The van der Waals surface area contributed by atoms with E-state index in [2.05, 4.69) is 37.5 Å². The van der Waals surface area contributed by atoms with E-state index in [1.54, 1.807) is 0 Å². The van der Waals surface area contributed by atoms with Crippen LogP contribution in [0.3, 0.4) is 0 Å². The molecule has 0 saturated heterocycles. The van der Waals surface area contributed by atoms with Gasteiger partial charge in [-0.1, -0.05) is 13.3 Å². The van der Waals surface area contributed by atoms with E-state index in [4.69, 9.17) is 0 Å². The molecule has 0 radical (unpaired) electrons. The van der Waals surface area contributed by atoms with Crippen molar-refractivity contribution < 1.29 is 0 Å². The van der Waals surface area contributed by atoms with Gasteiger partial charge in [-0.3, -0.25) is 0 Å². The lowest BCUT2D eigenvalue weighted by Crippen LogP contribution is -2.13. The van der Waals surface area contributed by atoms with E-state index in [-0.39, 0.29) is 0 Å². The van der Waals surface area contributed by atoms with Crippen LogP contribution in [-0.4, -0.2) is 4.57 Å². The van der Waals surface area contributed by atoms with Gasteiger partial charge < -0.3 is 4.57 Å². The Hall–Kier alpha value is -0.720. The maximum absolute atomic E-state index is 2.49. The van der Waals surface area contributed by atoms with Crippen molar-refractivity contribution >= 4 is 0 Å². The first kappa shape index (κ1) is 9.82. The molecule has 2 rings (SSSR count). The van der Waals surface area contributed by atoms with Crippen LogP contribution in [0.1, 0.15) is 44.0 Å². The molecule has 1 aliphatic carbocycles. The highest BCUT2D eigenvalue weighted by Gasteiger charge is 2.41. The average molecular weight is 191 g/mol. The molecule has 0 aliphatic heterocycles. The lowest BCUT2D eigenvalue weighted by molar-refractivity contribution is 0.381. The Morgan fingerprint density at radius 1 is 1.21 bits per heavy atom. The van der Waals surface area contributed by atoms with Crippen LogP contribution >= 0.6 is 0 Å². The van der Waals surface area contributed by atoms with Crippen LogP contribution in [0.2, 0.25) is 0 Å². The number of aryl methyl sites for hydroxylation is 2. The molecule has 14 heavy (non-hydrogen) atoms. The van der Waals surface area contributed by atoms with Crippen LogP contribution in [0.15, 0.2) is 12.1 Å². The smallest absolute Gasteiger partial charge is 0.0281 e. The first-order valence-electron chi connectivity index (χ1n) is 5.80. The van der Waals surface area contributed by atoms with Crippen molar-refractivity contribution in [2.75, 3.05) is 0 Å². The molecule has 0 bridgehead atoms. The quantitative estimate of drug-likeness (QED) is 0.684. The van der Waals surface area contributed by atoms with E-state index >= 15 is 0 Å². The molecule has 1 heterocycles. The molecule has 78 valence electrons. The zero-order valence-corrected chi connectivity index (χ0v) is 9.64. The number of rotatable bonds is 4. The van der Waals surface area contributed by atoms with Crippen molar-refractivity contribution in [3.63, 3.8) is 0 Å². The fourth-order valence-electron chi connectivity index (χ4n) is 2.48. The predicted molar refractivity (Wildman–Crippen MR) is 60.5 cm³/mol. The second-order valence-corrected chi connectivity index (χ2v) is 4.95. The van der Waals surface area contributed by atoms with Crippen LogP contribution in [0, 0.1) is 19.3 Å². The first-order chi connectivity index (χ1) is 6.67. The van der Waals surface area contributed by atoms with Crippen molar-refractivity contribution in [3.8, 4) is 0 Å². The first-order valence-corrected chi connectivity index (χ1v) is 5.80. The van der Waals surface area contributed by atoms with E-state index in [1.165, 1.54) is 43.6 Å². The molecule has 1 heteroatoms. The predicted octanol–water partition coefficient (Wildman–Crippen LogP) is 3.69. The van der Waals surface area contributed by atoms with Gasteiger partial charge >= 0.3 is 0 Å². The van der Waals surface area contributed by atoms with Gasteiger partial charge in [0.2, 0.25) is 0 Å². The zero-order chi connectivity index (χ0) is 10.2. The second-order valence-electron chi connectivity index (χ2n) is 4.95. The molecule has 1 nitrogen and oxygen atoms in total. The largest absolute Gasteiger partial charge is 0.349 e. The topological polar surface area (TPSA) is 4.93 Å². The Bertz CT molecular complexity index is 298. The number of hydrogen-bond acceptors (Lipinski definition) is 0. The van der Waals surface area contributed by atoms with Crippen LogP contribution < -0.4 is 0 Å². The minimum absolute atomic E-state index is 0.670. The molecule has 1 fully saturated rings. The molecule has 1 aromatic rings. The third kappa shape index (κ3) is 1.73. The summed E-state index contributed by atoms with van der Waals surface area (Å²) in [4.78, 5) is 0. The van der Waals surface area contributed by atoms with E-state index in [0.29, 0.717) is 5.41 Å². The summed E-state index contributed by atoms with van der Waals surface area (Å²) in [6.07, 6.45) is 5.62. The van der Waals surface area contributed by atoms with Gasteiger partial charge in [0.25, 0.3) is 0 Å². The van der Waals surface area contributed by atoms with Crippen molar-refractivity contribution in [2.24, 2.45) is 5.41 Å². The van der Waals surface area contributed by atoms with Gasteiger partial charge in [-0.05, 0) is 50.7 Å². The van der Waals surface area contributed by atoms with Gasteiger partial charge in [-0.2, -0.15) is 0 Å². The minimum atomic E-state index is 0.670. The van der Waals surface area contributed by atoms with Crippen LogP contribution in [0.25, 0.3) is 0 Å². The van der Waals surface area contributed by atoms with Gasteiger partial charge in [0.1, 0.15) is 0 Å². The van der Waals surface area contributed by atoms with Crippen molar-refractivity contribution in [3.05, 3.63) is 23.5 Å². The summed E-state index contributed by atoms with van der Waals surface area (Å²) in [6, 6.07) is 4.47. The molecule has 0 unspecified atom stereocenters. The highest BCUT2D eigenvalue weighted by atomic mass is 15.0. The Morgan fingerprint density at radius 3 is 2.21 bits per heavy atom. The summed E-state index contributed by atoms with van der Waals surface area (Å²) < 4.78 is 2.49. The minimum Gasteiger partial charge on any atom is -0.349 e. The summed E-state index contributed by atoms with van der Waals surface area (Å²) in [5, 5.41) is 0. The molecular weight excluding hydrogens is 170 g/mol. The highest BCUT2D eigenvalue weighted by molar-refractivity contribution is 5.15. The monoisotopic (exact) mass is 191 g/mol. The van der Waals surface area contributed by atoms with Gasteiger partial charge in [-0.15, -0.1) is 0 Å². The molecule has 1 saturated carbocycles. The second kappa shape index (κ2) is 3.45. The Morgan fingerprint density at radius 2 is 1.79 bits per heavy atom. The van der Waals surface area contributed by atoms with Gasteiger partial charge in [0.05, 0.1) is 0 Å². The van der Waals surface area contributed by atoms with E-state index in [9.17, 15) is 0 Å². The standard InChI is InChI=1S/C13H21N/c1-4-7-13(8-9-13)10-14-11(2)5-6-12(14)3/h5-6H,4,7-10H2,1-3H3. The van der Waals surface area contributed by atoms with Crippen LogP contribution in [0.4, 0.5) is 0 Å². The number of aromatic nitrogens is 1. The van der Waals surface area contributed by atoms with Crippen LogP contribution in [0.5, 0.6) is 0 Å².